The highest BCUT2D eigenvalue weighted by Gasteiger charge is 2.12. The summed E-state index contributed by atoms with van der Waals surface area (Å²) in [6.07, 6.45) is 0. The lowest BCUT2D eigenvalue weighted by atomic mass is 10.0. The first-order chi connectivity index (χ1) is 8.45. The monoisotopic (exact) mass is 253 g/mol. The van der Waals surface area contributed by atoms with Gasteiger partial charge in [0, 0.05) is 19.7 Å². The molecular weight excluding hydrogens is 229 g/mol. The van der Waals surface area contributed by atoms with Crippen molar-refractivity contribution in [2.45, 2.75) is 40.3 Å². The molecule has 1 rings (SSSR count). The van der Waals surface area contributed by atoms with Gasteiger partial charge in [0.2, 0.25) is 0 Å². The van der Waals surface area contributed by atoms with Crippen LogP contribution in [0.3, 0.4) is 0 Å². The minimum atomic E-state index is -0.101. The molecule has 0 bridgehead atoms. The highest BCUT2D eigenvalue weighted by atomic mass is 19.1. The molecule has 1 aromatic rings. The number of benzene rings is 1. The van der Waals surface area contributed by atoms with Gasteiger partial charge in [0.15, 0.2) is 0 Å². The summed E-state index contributed by atoms with van der Waals surface area (Å²) in [7, 11) is 1.71. The summed E-state index contributed by atoms with van der Waals surface area (Å²) in [5, 5.41) is 3.46. The molecule has 0 aliphatic rings. The molecule has 0 saturated carbocycles. The smallest absolute Gasteiger partial charge is 0.129 e. The molecule has 1 aromatic carbocycles. The summed E-state index contributed by atoms with van der Waals surface area (Å²) in [6.45, 7) is 9.38. The standard InChI is InChI=1S/C15H24FNO/c1-10(2)14(9-18-5)17-8-13-6-11(3)15(16)12(4)7-13/h6-7,10,14,17H,8-9H2,1-5H3. The SMILES string of the molecule is COCC(NCc1cc(C)c(F)c(C)c1)C(C)C. The summed E-state index contributed by atoms with van der Waals surface area (Å²) in [5.41, 5.74) is 2.53. The third kappa shape index (κ3) is 4.07. The molecule has 2 nitrogen and oxygen atoms in total. The van der Waals surface area contributed by atoms with Gasteiger partial charge >= 0.3 is 0 Å². The van der Waals surface area contributed by atoms with Crippen LogP contribution in [0.4, 0.5) is 4.39 Å². The van der Waals surface area contributed by atoms with Crippen LogP contribution in [0.15, 0.2) is 12.1 Å². The molecule has 0 aliphatic carbocycles. The Hall–Kier alpha value is -0.930. The summed E-state index contributed by atoms with van der Waals surface area (Å²) < 4.78 is 18.7. The normalized spacial score (nSPS) is 13.1. The Morgan fingerprint density at radius 3 is 2.22 bits per heavy atom. The van der Waals surface area contributed by atoms with Crippen molar-refractivity contribution in [3.05, 3.63) is 34.6 Å². The van der Waals surface area contributed by atoms with Crippen molar-refractivity contribution in [1.29, 1.82) is 0 Å². The second-order valence-corrected chi connectivity index (χ2v) is 5.23. The van der Waals surface area contributed by atoms with Gasteiger partial charge in [-0.3, -0.25) is 0 Å². The molecule has 1 atom stereocenters. The Bertz CT molecular complexity index is 367. The van der Waals surface area contributed by atoms with Crippen molar-refractivity contribution in [1.82, 2.24) is 5.32 Å². The van der Waals surface area contributed by atoms with Crippen molar-refractivity contribution in [2.75, 3.05) is 13.7 Å². The molecule has 0 fully saturated rings. The minimum absolute atomic E-state index is 0.101. The highest BCUT2D eigenvalue weighted by molar-refractivity contribution is 5.30. The van der Waals surface area contributed by atoms with Gasteiger partial charge in [-0.05, 0) is 36.5 Å². The van der Waals surface area contributed by atoms with E-state index in [0.717, 1.165) is 12.1 Å². The molecule has 0 spiro atoms. The van der Waals surface area contributed by atoms with E-state index in [-0.39, 0.29) is 5.82 Å². The molecule has 0 aliphatic heterocycles. The van der Waals surface area contributed by atoms with E-state index in [9.17, 15) is 4.39 Å². The zero-order chi connectivity index (χ0) is 13.7. The molecule has 18 heavy (non-hydrogen) atoms. The van der Waals surface area contributed by atoms with E-state index in [1.54, 1.807) is 21.0 Å². The van der Waals surface area contributed by atoms with Crippen LogP contribution in [0, 0.1) is 25.6 Å². The first kappa shape index (κ1) is 15.1. The van der Waals surface area contributed by atoms with Gasteiger partial charge in [-0.25, -0.2) is 4.39 Å². The maximum Gasteiger partial charge on any atom is 0.129 e. The van der Waals surface area contributed by atoms with Crippen LogP contribution >= 0.6 is 0 Å². The number of aryl methyl sites for hydroxylation is 2. The summed E-state index contributed by atoms with van der Waals surface area (Å²) in [5.74, 6) is 0.406. The van der Waals surface area contributed by atoms with E-state index in [1.807, 2.05) is 12.1 Å². The second-order valence-electron chi connectivity index (χ2n) is 5.23. The molecule has 0 aromatic heterocycles. The van der Waals surface area contributed by atoms with Crippen molar-refractivity contribution in [3.63, 3.8) is 0 Å². The first-order valence-electron chi connectivity index (χ1n) is 6.43. The molecule has 102 valence electrons. The van der Waals surface area contributed by atoms with Crippen LogP contribution in [0.1, 0.15) is 30.5 Å². The van der Waals surface area contributed by atoms with Gasteiger partial charge in [0.1, 0.15) is 5.82 Å². The molecule has 0 saturated heterocycles. The molecule has 0 radical (unpaired) electrons. The fourth-order valence-corrected chi connectivity index (χ4v) is 2.05. The average molecular weight is 253 g/mol. The van der Waals surface area contributed by atoms with Crippen molar-refractivity contribution < 1.29 is 9.13 Å². The van der Waals surface area contributed by atoms with Crippen molar-refractivity contribution in [3.8, 4) is 0 Å². The Morgan fingerprint density at radius 1 is 1.22 bits per heavy atom. The van der Waals surface area contributed by atoms with Crippen LogP contribution in [0.25, 0.3) is 0 Å². The predicted molar refractivity (Wildman–Crippen MR) is 73.2 cm³/mol. The molecular formula is C15H24FNO. The zero-order valence-electron chi connectivity index (χ0n) is 12.0. The van der Waals surface area contributed by atoms with E-state index < -0.39 is 0 Å². The average Bonchev–Trinajstić information content (AvgIpc) is 2.30. The van der Waals surface area contributed by atoms with Crippen molar-refractivity contribution in [2.24, 2.45) is 5.92 Å². The van der Waals surface area contributed by atoms with Crippen LogP contribution < -0.4 is 5.32 Å². The number of hydrogen-bond donors (Lipinski definition) is 1. The maximum absolute atomic E-state index is 13.5. The first-order valence-corrected chi connectivity index (χ1v) is 6.43. The lowest BCUT2D eigenvalue weighted by molar-refractivity contribution is 0.146. The largest absolute Gasteiger partial charge is 0.383 e. The fraction of sp³-hybridized carbons (Fsp3) is 0.600. The van der Waals surface area contributed by atoms with E-state index in [2.05, 4.69) is 19.2 Å². The Labute approximate surface area is 110 Å². The van der Waals surface area contributed by atoms with Gasteiger partial charge in [-0.15, -0.1) is 0 Å². The van der Waals surface area contributed by atoms with Gasteiger partial charge < -0.3 is 10.1 Å². The van der Waals surface area contributed by atoms with E-state index in [4.69, 9.17) is 4.74 Å². The van der Waals surface area contributed by atoms with Gasteiger partial charge in [0.05, 0.1) is 6.61 Å². The van der Waals surface area contributed by atoms with Crippen LogP contribution in [-0.4, -0.2) is 19.8 Å². The number of methoxy groups -OCH3 is 1. The molecule has 1 N–H and O–H groups in total. The third-order valence-corrected chi connectivity index (χ3v) is 3.22. The molecule has 0 heterocycles. The van der Waals surface area contributed by atoms with Crippen molar-refractivity contribution >= 4 is 0 Å². The molecule has 1 unspecified atom stereocenters. The predicted octanol–water partition coefficient (Wildman–Crippen LogP) is 3.20. The summed E-state index contributed by atoms with van der Waals surface area (Å²) in [6, 6.07) is 4.12. The third-order valence-electron chi connectivity index (χ3n) is 3.22. The number of ether oxygens (including phenoxy) is 1. The Kier molecular flexibility index (Phi) is 5.76. The number of halogens is 1. The zero-order valence-corrected chi connectivity index (χ0v) is 12.0. The topological polar surface area (TPSA) is 21.3 Å². The van der Waals surface area contributed by atoms with Crippen LogP contribution in [-0.2, 0) is 11.3 Å². The van der Waals surface area contributed by atoms with Crippen LogP contribution in [0.5, 0.6) is 0 Å². The van der Waals surface area contributed by atoms with E-state index in [1.165, 1.54) is 0 Å². The maximum atomic E-state index is 13.5. The number of hydrogen-bond acceptors (Lipinski definition) is 2. The molecule has 0 amide bonds. The van der Waals surface area contributed by atoms with Gasteiger partial charge in [-0.2, -0.15) is 0 Å². The number of rotatable bonds is 6. The van der Waals surface area contributed by atoms with Gasteiger partial charge in [0.25, 0.3) is 0 Å². The Morgan fingerprint density at radius 2 is 1.78 bits per heavy atom. The molecule has 3 heteroatoms. The van der Waals surface area contributed by atoms with E-state index in [0.29, 0.717) is 29.7 Å². The number of nitrogens with one attached hydrogen (secondary N) is 1. The Balaban J connectivity index is 2.67. The quantitative estimate of drug-likeness (QED) is 0.840. The summed E-state index contributed by atoms with van der Waals surface area (Å²) in [4.78, 5) is 0. The van der Waals surface area contributed by atoms with E-state index >= 15 is 0 Å². The lowest BCUT2D eigenvalue weighted by Crippen LogP contribution is -2.37. The van der Waals surface area contributed by atoms with Crippen LogP contribution in [0.2, 0.25) is 0 Å². The fourth-order valence-electron chi connectivity index (χ4n) is 2.05. The second kappa shape index (κ2) is 6.86. The van der Waals surface area contributed by atoms with Gasteiger partial charge in [-0.1, -0.05) is 26.0 Å². The summed E-state index contributed by atoms with van der Waals surface area (Å²) >= 11 is 0. The highest BCUT2D eigenvalue weighted by Crippen LogP contribution is 2.15. The minimum Gasteiger partial charge on any atom is -0.383 e. The lowest BCUT2D eigenvalue weighted by Gasteiger charge is -2.22.